The molecule has 1 N–H and O–H groups in total. The molecule has 0 aliphatic heterocycles. The van der Waals surface area contributed by atoms with Crippen molar-refractivity contribution in [3.05, 3.63) is 0 Å². The van der Waals surface area contributed by atoms with Crippen molar-refractivity contribution < 1.29 is 19.1 Å². The van der Waals surface area contributed by atoms with Gasteiger partial charge in [-0.15, -0.1) is 0 Å². The number of carbonyl (C=O) groups excluding carboxylic acids is 2. The molecule has 0 aromatic carbocycles. The molecule has 1 atom stereocenters. The SMILES string of the molecule is CCOC(=O)C(C(=O)OCC)[C@H](C)CNC. The Morgan fingerprint density at radius 2 is 1.56 bits per heavy atom. The Morgan fingerprint density at radius 1 is 1.12 bits per heavy atom. The average molecular weight is 231 g/mol. The fourth-order valence-corrected chi connectivity index (χ4v) is 1.46. The van der Waals surface area contributed by atoms with Gasteiger partial charge in [-0.25, -0.2) is 0 Å². The maximum Gasteiger partial charge on any atom is 0.320 e. The lowest BCUT2D eigenvalue weighted by Crippen LogP contribution is -2.37. The molecule has 0 fully saturated rings. The Morgan fingerprint density at radius 3 is 1.88 bits per heavy atom. The van der Waals surface area contributed by atoms with E-state index >= 15 is 0 Å². The van der Waals surface area contributed by atoms with Gasteiger partial charge in [0.15, 0.2) is 5.92 Å². The Bertz CT molecular complexity index is 212. The maximum absolute atomic E-state index is 11.6. The van der Waals surface area contributed by atoms with Crippen LogP contribution in [0.1, 0.15) is 20.8 Å². The molecule has 94 valence electrons. The molecule has 0 radical (unpaired) electrons. The van der Waals surface area contributed by atoms with Crippen LogP contribution in [-0.4, -0.2) is 38.7 Å². The van der Waals surface area contributed by atoms with E-state index in [2.05, 4.69) is 5.32 Å². The number of hydrogen-bond acceptors (Lipinski definition) is 5. The van der Waals surface area contributed by atoms with Gasteiger partial charge in [0.2, 0.25) is 0 Å². The monoisotopic (exact) mass is 231 g/mol. The van der Waals surface area contributed by atoms with E-state index in [1.165, 1.54) is 0 Å². The van der Waals surface area contributed by atoms with Crippen molar-refractivity contribution in [2.45, 2.75) is 20.8 Å². The van der Waals surface area contributed by atoms with Crippen molar-refractivity contribution in [2.24, 2.45) is 11.8 Å². The molecule has 0 spiro atoms. The highest BCUT2D eigenvalue weighted by Gasteiger charge is 2.34. The summed E-state index contributed by atoms with van der Waals surface area (Å²) in [5.41, 5.74) is 0. The second-order valence-electron chi connectivity index (χ2n) is 3.52. The first kappa shape index (κ1) is 14.9. The van der Waals surface area contributed by atoms with Crippen LogP contribution in [-0.2, 0) is 19.1 Å². The van der Waals surface area contributed by atoms with Crippen LogP contribution in [0.5, 0.6) is 0 Å². The van der Waals surface area contributed by atoms with E-state index in [0.717, 1.165) is 0 Å². The highest BCUT2D eigenvalue weighted by atomic mass is 16.6. The summed E-state index contributed by atoms with van der Waals surface area (Å²) in [5, 5.41) is 2.93. The third kappa shape index (κ3) is 4.61. The molecule has 0 heterocycles. The lowest BCUT2D eigenvalue weighted by molar-refractivity contribution is -0.164. The van der Waals surface area contributed by atoms with Crippen LogP contribution < -0.4 is 5.32 Å². The van der Waals surface area contributed by atoms with Crippen LogP contribution in [0.4, 0.5) is 0 Å². The molecule has 0 saturated carbocycles. The van der Waals surface area contributed by atoms with Gasteiger partial charge in [0.25, 0.3) is 0 Å². The summed E-state index contributed by atoms with van der Waals surface area (Å²) in [6, 6.07) is 0. The number of ether oxygens (including phenoxy) is 2. The second-order valence-corrected chi connectivity index (χ2v) is 3.52. The molecule has 0 aliphatic rings. The molecule has 5 heteroatoms. The Hall–Kier alpha value is -1.10. The Balaban J connectivity index is 4.60. The van der Waals surface area contributed by atoms with E-state index in [-0.39, 0.29) is 19.1 Å². The van der Waals surface area contributed by atoms with Gasteiger partial charge >= 0.3 is 11.9 Å². The zero-order valence-corrected chi connectivity index (χ0v) is 10.4. The standard InChI is InChI=1S/C11H21NO4/c1-5-15-10(13)9(8(3)7-12-4)11(14)16-6-2/h8-9,12H,5-7H2,1-4H3/t8-/m1/s1. The van der Waals surface area contributed by atoms with Crippen molar-refractivity contribution in [1.82, 2.24) is 5.32 Å². The first-order valence-corrected chi connectivity index (χ1v) is 5.56. The van der Waals surface area contributed by atoms with Gasteiger partial charge in [0.1, 0.15) is 0 Å². The third-order valence-electron chi connectivity index (χ3n) is 2.18. The molecule has 0 aromatic heterocycles. The molecule has 0 rings (SSSR count). The van der Waals surface area contributed by atoms with Gasteiger partial charge in [0, 0.05) is 0 Å². The van der Waals surface area contributed by atoms with Gasteiger partial charge in [-0.05, 0) is 33.4 Å². The topological polar surface area (TPSA) is 64.6 Å². The number of carbonyl (C=O) groups is 2. The molecule has 16 heavy (non-hydrogen) atoms. The summed E-state index contributed by atoms with van der Waals surface area (Å²) in [5.74, 6) is -2.01. The number of nitrogens with one attached hydrogen (secondary N) is 1. The quantitative estimate of drug-likeness (QED) is 0.513. The second kappa shape index (κ2) is 8.10. The molecule has 0 aliphatic carbocycles. The van der Waals surface area contributed by atoms with E-state index in [9.17, 15) is 9.59 Å². The van der Waals surface area contributed by atoms with E-state index in [1.807, 2.05) is 6.92 Å². The maximum atomic E-state index is 11.6. The van der Waals surface area contributed by atoms with Gasteiger partial charge in [-0.2, -0.15) is 0 Å². The summed E-state index contributed by atoms with van der Waals surface area (Å²) in [6.45, 7) is 6.32. The van der Waals surface area contributed by atoms with Gasteiger partial charge in [0.05, 0.1) is 13.2 Å². The molecule has 0 unspecified atom stereocenters. The number of esters is 2. The fraction of sp³-hybridized carbons (Fsp3) is 0.818. The van der Waals surface area contributed by atoms with Crippen molar-refractivity contribution in [3.63, 3.8) is 0 Å². The van der Waals surface area contributed by atoms with E-state index in [1.54, 1.807) is 20.9 Å². The lowest BCUT2D eigenvalue weighted by atomic mass is 9.94. The van der Waals surface area contributed by atoms with Crippen LogP contribution in [0, 0.1) is 11.8 Å². The van der Waals surface area contributed by atoms with E-state index < -0.39 is 17.9 Å². The zero-order chi connectivity index (χ0) is 12.6. The minimum Gasteiger partial charge on any atom is -0.465 e. The van der Waals surface area contributed by atoms with Crippen LogP contribution in [0.2, 0.25) is 0 Å². The summed E-state index contributed by atoms with van der Waals surface area (Å²) >= 11 is 0. The number of rotatable bonds is 7. The normalized spacial score (nSPS) is 12.3. The lowest BCUT2D eigenvalue weighted by Gasteiger charge is -2.20. The largest absolute Gasteiger partial charge is 0.465 e. The first-order chi connectivity index (χ1) is 7.58. The van der Waals surface area contributed by atoms with Crippen molar-refractivity contribution in [2.75, 3.05) is 26.8 Å². The van der Waals surface area contributed by atoms with E-state index in [4.69, 9.17) is 9.47 Å². The van der Waals surface area contributed by atoms with Crippen LogP contribution >= 0.6 is 0 Å². The molecule has 0 bridgehead atoms. The van der Waals surface area contributed by atoms with Gasteiger partial charge < -0.3 is 14.8 Å². The summed E-state index contributed by atoms with van der Waals surface area (Å²) in [7, 11) is 1.77. The van der Waals surface area contributed by atoms with Gasteiger partial charge in [-0.3, -0.25) is 9.59 Å². The van der Waals surface area contributed by atoms with Crippen LogP contribution in [0.25, 0.3) is 0 Å². The molecular formula is C11H21NO4. The minimum absolute atomic E-state index is 0.150. The predicted molar refractivity (Wildman–Crippen MR) is 59.8 cm³/mol. The van der Waals surface area contributed by atoms with Crippen LogP contribution in [0.3, 0.4) is 0 Å². The highest BCUT2D eigenvalue weighted by Crippen LogP contribution is 2.15. The fourth-order valence-electron chi connectivity index (χ4n) is 1.46. The highest BCUT2D eigenvalue weighted by molar-refractivity contribution is 5.95. The Labute approximate surface area is 96.5 Å². The average Bonchev–Trinajstić information content (AvgIpc) is 2.19. The third-order valence-corrected chi connectivity index (χ3v) is 2.18. The summed E-state index contributed by atoms with van der Waals surface area (Å²) in [4.78, 5) is 23.2. The first-order valence-electron chi connectivity index (χ1n) is 5.56. The minimum atomic E-state index is -0.840. The smallest absolute Gasteiger partial charge is 0.320 e. The molecule has 0 aromatic rings. The molecule has 0 saturated heterocycles. The summed E-state index contributed by atoms with van der Waals surface area (Å²) < 4.78 is 9.74. The number of hydrogen-bond donors (Lipinski definition) is 1. The molecular weight excluding hydrogens is 210 g/mol. The van der Waals surface area contributed by atoms with E-state index in [0.29, 0.717) is 6.54 Å². The summed E-state index contributed by atoms with van der Waals surface area (Å²) in [6.07, 6.45) is 0. The van der Waals surface area contributed by atoms with Crippen molar-refractivity contribution in [3.8, 4) is 0 Å². The zero-order valence-electron chi connectivity index (χ0n) is 10.4. The van der Waals surface area contributed by atoms with Crippen LogP contribution in [0.15, 0.2) is 0 Å². The molecule has 0 amide bonds. The van der Waals surface area contributed by atoms with Crippen molar-refractivity contribution in [1.29, 1.82) is 0 Å². The van der Waals surface area contributed by atoms with Gasteiger partial charge in [-0.1, -0.05) is 6.92 Å². The molecule has 5 nitrogen and oxygen atoms in total. The van der Waals surface area contributed by atoms with Crippen molar-refractivity contribution >= 4 is 11.9 Å². The predicted octanol–water partition coefficient (Wildman–Crippen LogP) is 0.584. The Kier molecular flexibility index (Phi) is 7.54.